The molecule has 1 saturated heterocycles. The number of benzene rings is 1. The molecule has 0 radical (unpaired) electrons. The van der Waals surface area contributed by atoms with Crippen molar-refractivity contribution in [2.75, 3.05) is 19.6 Å². The van der Waals surface area contributed by atoms with Gasteiger partial charge in [-0.15, -0.1) is 0 Å². The van der Waals surface area contributed by atoms with Crippen LogP contribution in [0.15, 0.2) is 30.3 Å². The largest absolute Gasteiger partial charge is 0.338 e. The number of urea groups is 1. The van der Waals surface area contributed by atoms with Crippen LogP contribution >= 0.6 is 0 Å². The summed E-state index contributed by atoms with van der Waals surface area (Å²) in [6.45, 7) is 6.01. The van der Waals surface area contributed by atoms with E-state index in [1.807, 2.05) is 0 Å². The zero-order valence-corrected chi connectivity index (χ0v) is 13.0. The Labute approximate surface area is 127 Å². The van der Waals surface area contributed by atoms with Gasteiger partial charge in [0.1, 0.15) is 0 Å². The van der Waals surface area contributed by atoms with Crippen LogP contribution in [0.1, 0.15) is 38.2 Å². The fourth-order valence-corrected chi connectivity index (χ4v) is 2.69. The highest BCUT2D eigenvalue weighted by Crippen LogP contribution is 2.13. The normalized spacial score (nSPS) is 16.6. The predicted octanol–water partition coefficient (Wildman–Crippen LogP) is 2.75. The molecule has 2 rings (SSSR count). The number of likely N-dealkylation sites (tertiary alicyclic amines) is 1. The van der Waals surface area contributed by atoms with Gasteiger partial charge in [0.25, 0.3) is 0 Å². The standard InChI is InChI=1S/C17H27N3O/c1-2-3-11-18-17(21)19-16-9-12-20(13-10-16)14-15-7-5-4-6-8-15/h4-8,16H,2-3,9-14H2,1H3,(H2,18,19,21). The summed E-state index contributed by atoms with van der Waals surface area (Å²) in [6.07, 6.45) is 4.23. The van der Waals surface area contributed by atoms with Crippen LogP contribution in [0.2, 0.25) is 0 Å². The van der Waals surface area contributed by atoms with E-state index in [9.17, 15) is 4.79 Å². The first-order chi connectivity index (χ1) is 10.3. The van der Waals surface area contributed by atoms with Crippen molar-refractivity contribution in [3.05, 3.63) is 35.9 Å². The summed E-state index contributed by atoms with van der Waals surface area (Å²) in [4.78, 5) is 14.2. The Balaban J connectivity index is 1.65. The second-order valence-corrected chi connectivity index (χ2v) is 5.79. The Hall–Kier alpha value is -1.55. The monoisotopic (exact) mass is 289 g/mol. The van der Waals surface area contributed by atoms with Crippen LogP contribution in [0, 0.1) is 0 Å². The molecule has 0 atom stereocenters. The smallest absolute Gasteiger partial charge is 0.315 e. The third kappa shape index (κ3) is 5.76. The molecule has 0 spiro atoms. The maximum atomic E-state index is 11.7. The Morgan fingerprint density at radius 1 is 1.24 bits per heavy atom. The molecular weight excluding hydrogens is 262 g/mol. The van der Waals surface area contributed by atoms with Crippen molar-refractivity contribution >= 4 is 6.03 Å². The maximum Gasteiger partial charge on any atom is 0.315 e. The Morgan fingerprint density at radius 2 is 1.95 bits per heavy atom. The van der Waals surface area contributed by atoms with E-state index in [0.717, 1.165) is 51.9 Å². The number of carbonyl (C=O) groups is 1. The number of hydrogen-bond acceptors (Lipinski definition) is 2. The summed E-state index contributed by atoms with van der Waals surface area (Å²) in [6, 6.07) is 10.9. The highest BCUT2D eigenvalue weighted by Gasteiger charge is 2.20. The topological polar surface area (TPSA) is 44.4 Å². The molecule has 1 heterocycles. The van der Waals surface area contributed by atoms with Gasteiger partial charge in [-0.2, -0.15) is 0 Å². The SMILES string of the molecule is CCCCNC(=O)NC1CCN(Cc2ccccc2)CC1. The van der Waals surface area contributed by atoms with Gasteiger partial charge in [0.15, 0.2) is 0 Å². The third-order valence-corrected chi connectivity index (χ3v) is 3.99. The molecule has 4 nitrogen and oxygen atoms in total. The molecule has 1 aromatic carbocycles. The average Bonchev–Trinajstić information content (AvgIpc) is 2.51. The van der Waals surface area contributed by atoms with Crippen LogP contribution in [0.3, 0.4) is 0 Å². The summed E-state index contributed by atoms with van der Waals surface area (Å²) in [5.41, 5.74) is 1.36. The van der Waals surface area contributed by atoms with Gasteiger partial charge in [-0.1, -0.05) is 43.7 Å². The number of amides is 2. The van der Waals surface area contributed by atoms with E-state index < -0.39 is 0 Å². The molecule has 21 heavy (non-hydrogen) atoms. The van der Waals surface area contributed by atoms with E-state index in [-0.39, 0.29) is 6.03 Å². The van der Waals surface area contributed by atoms with E-state index in [2.05, 4.69) is 52.8 Å². The van der Waals surface area contributed by atoms with Crippen LogP contribution in [0.4, 0.5) is 4.79 Å². The highest BCUT2D eigenvalue weighted by atomic mass is 16.2. The quantitative estimate of drug-likeness (QED) is 0.791. The van der Waals surface area contributed by atoms with Gasteiger partial charge in [-0.05, 0) is 24.8 Å². The molecule has 0 saturated carbocycles. The average molecular weight is 289 g/mol. The molecule has 116 valence electrons. The third-order valence-electron chi connectivity index (χ3n) is 3.99. The lowest BCUT2D eigenvalue weighted by Gasteiger charge is -2.32. The van der Waals surface area contributed by atoms with Gasteiger partial charge >= 0.3 is 6.03 Å². The molecule has 1 fully saturated rings. The fraction of sp³-hybridized carbons (Fsp3) is 0.588. The van der Waals surface area contributed by atoms with E-state index in [4.69, 9.17) is 0 Å². The molecular formula is C17H27N3O. The molecule has 1 aliphatic heterocycles. The molecule has 4 heteroatoms. The first-order valence-corrected chi connectivity index (χ1v) is 8.08. The predicted molar refractivity (Wildman–Crippen MR) is 86.2 cm³/mol. The van der Waals surface area contributed by atoms with Crippen molar-refractivity contribution in [2.45, 2.75) is 45.2 Å². The van der Waals surface area contributed by atoms with Crippen molar-refractivity contribution in [2.24, 2.45) is 0 Å². The van der Waals surface area contributed by atoms with Crippen LogP contribution in [-0.4, -0.2) is 36.6 Å². The minimum atomic E-state index is -0.00930. The van der Waals surface area contributed by atoms with E-state index >= 15 is 0 Å². The summed E-state index contributed by atoms with van der Waals surface area (Å²) in [5.74, 6) is 0. The van der Waals surface area contributed by atoms with Gasteiger partial charge in [0.2, 0.25) is 0 Å². The number of nitrogens with one attached hydrogen (secondary N) is 2. The van der Waals surface area contributed by atoms with Crippen LogP contribution in [0.25, 0.3) is 0 Å². The van der Waals surface area contributed by atoms with Crippen molar-refractivity contribution < 1.29 is 4.79 Å². The number of unbranched alkanes of at least 4 members (excludes halogenated alkanes) is 1. The maximum absolute atomic E-state index is 11.7. The minimum absolute atomic E-state index is 0.00930. The first kappa shape index (κ1) is 15.8. The van der Waals surface area contributed by atoms with Crippen molar-refractivity contribution in [1.29, 1.82) is 0 Å². The summed E-state index contributed by atoms with van der Waals surface area (Å²) in [5, 5.41) is 6.00. The molecule has 0 aliphatic carbocycles. The molecule has 0 unspecified atom stereocenters. The lowest BCUT2D eigenvalue weighted by atomic mass is 10.0. The Morgan fingerprint density at radius 3 is 2.62 bits per heavy atom. The highest BCUT2D eigenvalue weighted by molar-refractivity contribution is 5.74. The fourth-order valence-electron chi connectivity index (χ4n) is 2.69. The van der Waals surface area contributed by atoms with Crippen LogP contribution in [0.5, 0.6) is 0 Å². The van der Waals surface area contributed by atoms with E-state index in [1.165, 1.54) is 5.56 Å². The molecule has 1 aliphatic rings. The van der Waals surface area contributed by atoms with Gasteiger partial charge in [0, 0.05) is 32.2 Å². The van der Waals surface area contributed by atoms with E-state index in [0.29, 0.717) is 6.04 Å². The van der Waals surface area contributed by atoms with Gasteiger partial charge < -0.3 is 10.6 Å². The number of hydrogen-bond donors (Lipinski definition) is 2. The minimum Gasteiger partial charge on any atom is -0.338 e. The van der Waals surface area contributed by atoms with E-state index in [1.54, 1.807) is 0 Å². The van der Waals surface area contributed by atoms with Gasteiger partial charge in [0.05, 0.1) is 0 Å². The van der Waals surface area contributed by atoms with Crippen molar-refractivity contribution in [3.8, 4) is 0 Å². The Bertz CT molecular complexity index is 413. The molecule has 0 aromatic heterocycles. The van der Waals surface area contributed by atoms with Crippen molar-refractivity contribution in [1.82, 2.24) is 15.5 Å². The zero-order chi connectivity index (χ0) is 14.9. The molecule has 0 bridgehead atoms. The second-order valence-electron chi connectivity index (χ2n) is 5.79. The number of rotatable bonds is 6. The van der Waals surface area contributed by atoms with Gasteiger partial charge in [-0.25, -0.2) is 4.79 Å². The van der Waals surface area contributed by atoms with Crippen molar-refractivity contribution in [3.63, 3.8) is 0 Å². The molecule has 1 aromatic rings. The van der Waals surface area contributed by atoms with Gasteiger partial charge in [-0.3, -0.25) is 4.90 Å². The molecule has 2 N–H and O–H groups in total. The summed E-state index contributed by atoms with van der Waals surface area (Å²) in [7, 11) is 0. The summed E-state index contributed by atoms with van der Waals surface area (Å²) >= 11 is 0. The molecule has 2 amide bonds. The first-order valence-electron chi connectivity index (χ1n) is 8.08. The second kappa shape index (κ2) is 8.67. The van der Waals surface area contributed by atoms with Crippen LogP contribution < -0.4 is 10.6 Å². The number of carbonyl (C=O) groups excluding carboxylic acids is 1. The Kier molecular flexibility index (Phi) is 6.54. The summed E-state index contributed by atoms with van der Waals surface area (Å²) < 4.78 is 0. The lowest BCUT2D eigenvalue weighted by Crippen LogP contribution is -2.47. The number of piperidine rings is 1. The number of nitrogens with zero attached hydrogens (tertiary/aromatic N) is 1. The lowest BCUT2D eigenvalue weighted by molar-refractivity contribution is 0.186. The zero-order valence-electron chi connectivity index (χ0n) is 13.0. The van der Waals surface area contributed by atoms with Crippen LogP contribution in [-0.2, 0) is 6.54 Å².